The van der Waals surface area contributed by atoms with Crippen molar-refractivity contribution in [2.75, 3.05) is 19.7 Å². The molecule has 0 radical (unpaired) electrons. The molecule has 0 aromatic heterocycles. The summed E-state index contributed by atoms with van der Waals surface area (Å²) in [5.41, 5.74) is 1.04. The van der Waals surface area contributed by atoms with Crippen LogP contribution < -0.4 is 4.74 Å². The van der Waals surface area contributed by atoms with Gasteiger partial charge in [-0.05, 0) is 37.0 Å². The van der Waals surface area contributed by atoms with Crippen LogP contribution in [-0.2, 0) is 11.2 Å². The van der Waals surface area contributed by atoms with Gasteiger partial charge in [-0.3, -0.25) is 4.79 Å². The number of hydrogen-bond donors (Lipinski definition) is 0. The molecule has 0 saturated carbocycles. The zero-order valence-corrected chi connectivity index (χ0v) is 11.3. The second kappa shape index (κ2) is 6.98. The Morgan fingerprint density at radius 2 is 1.89 bits per heavy atom. The van der Waals surface area contributed by atoms with E-state index in [4.69, 9.17) is 4.74 Å². The predicted octanol–water partition coefficient (Wildman–Crippen LogP) is 2.81. The van der Waals surface area contributed by atoms with E-state index in [-0.39, 0.29) is 5.91 Å². The molecule has 1 saturated heterocycles. The molecule has 0 bridgehead atoms. The average Bonchev–Trinajstić information content (AvgIpc) is 2.47. The molecule has 1 aromatic rings. The summed E-state index contributed by atoms with van der Waals surface area (Å²) < 4.78 is 5.42. The third kappa shape index (κ3) is 4.12. The van der Waals surface area contributed by atoms with Gasteiger partial charge in [0.05, 0.1) is 6.42 Å². The van der Waals surface area contributed by atoms with Gasteiger partial charge in [0.2, 0.25) is 5.91 Å². The van der Waals surface area contributed by atoms with Crippen LogP contribution in [0, 0.1) is 0 Å². The molecule has 1 aliphatic rings. The van der Waals surface area contributed by atoms with Crippen molar-refractivity contribution in [1.29, 1.82) is 0 Å². The summed E-state index contributed by atoms with van der Waals surface area (Å²) in [6, 6.07) is 7.73. The second-order valence-electron chi connectivity index (χ2n) is 4.86. The molecule has 1 amide bonds. The number of rotatable bonds is 5. The van der Waals surface area contributed by atoms with E-state index in [0.29, 0.717) is 13.0 Å². The largest absolute Gasteiger partial charge is 0.490 e. The molecular weight excluding hydrogens is 238 g/mol. The lowest BCUT2D eigenvalue weighted by molar-refractivity contribution is -0.131. The van der Waals surface area contributed by atoms with Crippen molar-refractivity contribution in [3.05, 3.63) is 42.5 Å². The first-order valence-corrected chi connectivity index (χ1v) is 6.90. The minimum Gasteiger partial charge on any atom is -0.490 e. The first-order valence-electron chi connectivity index (χ1n) is 6.90. The molecule has 2 rings (SSSR count). The third-order valence-electron chi connectivity index (χ3n) is 3.36. The van der Waals surface area contributed by atoms with Crippen molar-refractivity contribution >= 4 is 5.91 Å². The highest BCUT2D eigenvalue weighted by Crippen LogP contribution is 2.15. The van der Waals surface area contributed by atoms with E-state index in [9.17, 15) is 4.79 Å². The Kier molecular flexibility index (Phi) is 5.01. The Labute approximate surface area is 114 Å². The van der Waals surface area contributed by atoms with Gasteiger partial charge in [0.1, 0.15) is 12.4 Å². The van der Waals surface area contributed by atoms with Crippen LogP contribution in [0.1, 0.15) is 24.8 Å². The summed E-state index contributed by atoms with van der Waals surface area (Å²) >= 11 is 0. The number of nitrogens with zero attached hydrogens (tertiary/aromatic N) is 1. The number of ether oxygens (including phenoxy) is 1. The molecule has 1 fully saturated rings. The Hall–Kier alpha value is -1.77. The zero-order chi connectivity index (χ0) is 13.5. The Morgan fingerprint density at radius 3 is 2.53 bits per heavy atom. The van der Waals surface area contributed by atoms with Gasteiger partial charge in [0.15, 0.2) is 0 Å². The lowest BCUT2D eigenvalue weighted by Gasteiger charge is -2.26. The van der Waals surface area contributed by atoms with Crippen molar-refractivity contribution in [1.82, 2.24) is 4.90 Å². The van der Waals surface area contributed by atoms with Crippen molar-refractivity contribution in [2.24, 2.45) is 0 Å². The highest BCUT2D eigenvalue weighted by atomic mass is 16.5. The maximum absolute atomic E-state index is 12.1. The van der Waals surface area contributed by atoms with Crippen molar-refractivity contribution in [2.45, 2.75) is 25.7 Å². The molecule has 102 valence electrons. The van der Waals surface area contributed by atoms with E-state index in [1.54, 1.807) is 6.08 Å². The van der Waals surface area contributed by atoms with Gasteiger partial charge < -0.3 is 9.64 Å². The third-order valence-corrected chi connectivity index (χ3v) is 3.36. The molecule has 1 aliphatic heterocycles. The number of piperidine rings is 1. The number of carbonyl (C=O) groups is 1. The summed E-state index contributed by atoms with van der Waals surface area (Å²) in [7, 11) is 0. The van der Waals surface area contributed by atoms with Crippen LogP contribution in [0.4, 0.5) is 0 Å². The van der Waals surface area contributed by atoms with E-state index in [1.807, 2.05) is 29.2 Å². The maximum Gasteiger partial charge on any atom is 0.226 e. The molecular formula is C16H21NO2. The van der Waals surface area contributed by atoms with Crippen LogP contribution in [0.5, 0.6) is 5.75 Å². The second-order valence-corrected chi connectivity index (χ2v) is 4.86. The lowest BCUT2D eigenvalue weighted by atomic mass is 10.1. The summed E-state index contributed by atoms with van der Waals surface area (Å²) in [5.74, 6) is 1.05. The van der Waals surface area contributed by atoms with Crippen LogP contribution in [0.3, 0.4) is 0 Å². The van der Waals surface area contributed by atoms with Gasteiger partial charge in [0, 0.05) is 13.1 Å². The van der Waals surface area contributed by atoms with Crippen LogP contribution in [-0.4, -0.2) is 30.5 Å². The summed E-state index contributed by atoms with van der Waals surface area (Å²) in [6.45, 7) is 5.95. The summed E-state index contributed by atoms with van der Waals surface area (Å²) in [6.07, 6.45) is 5.73. The van der Waals surface area contributed by atoms with Crippen LogP contribution in [0.2, 0.25) is 0 Å². The number of benzene rings is 1. The Bertz CT molecular complexity index is 419. The molecule has 1 aromatic carbocycles. The zero-order valence-electron chi connectivity index (χ0n) is 11.3. The molecule has 0 N–H and O–H groups in total. The topological polar surface area (TPSA) is 29.5 Å². The minimum absolute atomic E-state index is 0.236. The van der Waals surface area contributed by atoms with Crippen molar-refractivity contribution < 1.29 is 9.53 Å². The first kappa shape index (κ1) is 13.7. The van der Waals surface area contributed by atoms with E-state index >= 15 is 0 Å². The maximum atomic E-state index is 12.1. The highest BCUT2D eigenvalue weighted by molar-refractivity contribution is 5.78. The van der Waals surface area contributed by atoms with Gasteiger partial charge in [-0.1, -0.05) is 24.8 Å². The smallest absolute Gasteiger partial charge is 0.226 e. The highest BCUT2D eigenvalue weighted by Gasteiger charge is 2.16. The monoisotopic (exact) mass is 259 g/mol. The first-order chi connectivity index (χ1) is 9.29. The molecule has 3 heteroatoms. The molecule has 3 nitrogen and oxygen atoms in total. The van der Waals surface area contributed by atoms with Gasteiger partial charge in [0.25, 0.3) is 0 Å². The summed E-state index contributed by atoms with van der Waals surface area (Å²) in [4.78, 5) is 14.1. The van der Waals surface area contributed by atoms with E-state index < -0.39 is 0 Å². The Morgan fingerprint density at radius 1 is 1.21 bits per heavy atom. The Balaban J connectivity index is 1.87. The van der Waals surface area contributed by atoms with Crippen molar-refractivity contribution in [3.63, 3.8) is 0 Å². The van der Waals surface area contributed by atoms with Crippen LogP contribution >= 0.6 is 0 Å². The van der Waals surface area contributed by atoms with E-state index in [0.717, 1.165) is 37.2 Å². The number of amides is 1. The SMILES string of the molecule is C=CCOc1ccc(CC(=O)N2CCCCC2)cc1. The molecule has 0 spiro atoms. The average molecular weight is 259 g/mol. The van der Waals surface area contributed by atoms with Gasteiger partial charge in [-0.25, -0.2) is 0 Å². The van der Waals surface area contributed by atoms with Crippen LogP contribution in [0.25, 0.3) is 0 Å². The number of likely N-dealkylation sites (tertiary alicyclic amines) is 1. The fourth-order valence-electron chi connectivity index (χ4n) is 2.29. The van der Waals surface area contributed by atoms with E-state index in [1.165, 1.54) is 6.42 Å². The summed E-state index contributed by atoms with van der Waals surface area (Å²) in [5, 5.41) is 0. The van der Waals surface area contributed by atoms with Gasteiger partial charge in [-0.2, -0.15) is 0 Å². The molecule has 1 heterocycles. The molecule has 0 aliphatic carbocycles. The predicted molar refractivity (Wildman–Crippen MR) is 76.3 cm³/mol. The molecule has 19 heavy (non-hydrogen) atoms. The molecule has 0 atom stereocenters. The quantitative estimate of drug-likeness (QED) is 0.761. The van der Waals surface area contributed by atoms with E-state index in [2.05, 4.69) is 6.58 Å². The van der Waals surface area contributed by atoms with Crippen molar-refractivity contribution in [3.8, 4) is 5.75 Å². The number of carbonyl (C=O) groups excluding carboxylic acids is 1. The fraction of sp³-hybridized carbons (Fsp3) is 0.438. The lowest BCUT2D eigenvalue weighted by Crippen LogP contribution is -2.36. The van der Waals surface area contributed by atoms with Crippen LogP contribution in [0.15, 0.2) is 36.9 Å². The fourth-order valence-corrected chi connectivity index (χ4v) is 2.29. The number of hydrogen-bond acceptors (Lipinski definition) is 2. The normalized spacial score (nSPS) is 15.1. The van der Waals surface area contributed by atoms with Gasteiger partial charge >= 0.3 is 0 Å². The minimum atomic E-state index is 0.236. The van der Waals surface area contributed by atoms with Gasteiger partial charge in [-0.15, -0.1) is 0 Å². The standard InChI is InChI=1S/C16H21NO2/c1-2-12-19-15-8-6-14(7-9-15)13-16(18)17-10-4-3-5-11-17/h2,6-9H,1,3-5,10-13H2. The molecule has 0 unspecified atom stereocenters.